The number of benzene rings is 2. The Morgan fingerprint density at radius 2 is 1.81 bits per heavy atom. The lowest BCUT2D eigenvalue weighted by Gasteiger charge is -2.21. The Labute approximate surface area is 155 Å². The summed E-state index contributed by atoms with van der Waals surface area (Å²) in [5, 5.41) is -0.101. The van der Waals surface area contributed by atoms with E-state index in [0.29, 0.717) is 5.56 Å². The van der Waals surface area contributed by atoms with Crippen LogP contribution in [-0.2, 0) is 4.79 Å². The summed E-state index contributed by atoms with van der Waals surface area (Å²) in [7, 11) is 0. The number of amides is 1. The first-order chi connectivity index (χ1) is 12.7. The van der Waals surface area contributed by atoms with Crippen molar-refractivity contribution < 1.29 is 14.0 Å². The number of fused-ring (bicyclic) bond motifs is 1. The van der Waals surface area contributed by atoms with Crippen molar-refractivity contribution in [2.75, 3.05) is 11.4 Å². The number of hydrogen-bond donors (Lipinski definition) is 0. The van der Waals surface area contributed by atoms with Crippen molar-refractivity contribution in [1.82, 2.24) is 0 Å². The summed E-state index contributed by atoms with van der Waals surface area (Å²) in [5.41, 5.74) is 1.39. The first kappa shape index (κ1) is 16.7. The zero-order valence-electron chi connectivity index (χ0n) is 14.0. The predicted octanol–water partition coefficient (Wildman–Crippen LogP) is 4.73. The average molecular weight is 363 g/mol. The molecule has 1 atom stereocenters. The number of furan rings is 1. The molecule has 0 fully saturated rings. The van der Waals surface area contributed by atoms with Gasteiger partial charge in [0.2, 0.25) is 5.91 Å². The maximum Gasteiger partial charge on any atom is 0.229 e. The van der Waals surface area contributed by atoms with Crippen molar-refractivity contribution in [3.8, 4) is 0 Å². The number of ketones is 1. The van der Waals surface area contributed by atoms with Gasteiger partial charge in [0.1, 0.15) is 5.76 Å². The molecule has 2 heterocycles. The average Bonchev–Trinajstić information content (AvgIpc) is 3.17. The smallest absolute Gasteiger partial charge is 0.229 e. The van der Waals surface area contributed by atoms with Crippen LogP contribution in [0.3, 0.4) is 0 Å². The Hall–Kier alpha value is -2.79. The number of thioether (sulfide) groups is 1. The maximum atomic E-state index is 13.0. The van der Waals surface area contributed by atoms with Crippen LogP contribution in [0.1, 0.15) is 27.8 Å². The molecule has 1 aromatic heterocycles. The van der Waals surface area contributed by atoms with Crippen molar-refractivity contribution in [3.05, 3.63) is 84.3 Å². The predicted molar refractivity (Wildman–Crippen MR) is 101 cm³/mol. The van der Waals surface area contributed by atoms with Crippen molar-refractivity contribution in [3.63, 3.8) is 0 Å². The lowest BCUT2D eigenvalue weighted by molar-refractivity contribution is -0.118. The van der Waals surface area contributed by atoms with Crippen LogP contribution in [0.2, 0.25) is 0 Å². The second kappa shape index (κ2) is 7.22. The number of hydrogen-bond acceptors (Lipinski definition) is 4. The third-order valence-electron chi connectivity index (χ3n) is 4.34. The molecule has 3 aromatic rings. The Balaban J connectivity index is 1.66. The van der Waals surface area contributed by atoms with Crippen LogP contribution < -0.4 is 4.90 Å². The first-order valence-electron chi connectivity index (χ1n) is 8.40. The van der Waals surface area contributed by atoms with Gasteiger partial charge in [0.15, 0.2) is 5.78 Å². The Morgan fingerprint density at radius 1 is 1.04 bits per heavy atom. The van der Waals surface area contributed by atoms with Crippen molar-refractivity contribution in [2.24, 2.45) is 0 Å². The summed E-state index contributed by atoms with van der Waals surface area (Å²) in [6.07, 6.45) is 1.91. The van der Waals surface area contributed by atoms with E-state index in [2.05, 4.69) is 0 Å². The summed E-state index contributed by atoms with van der Waals surface area (Å²) < 4.78 is 5.52. The second-order valence-corrected chi connectivity index (χ2v) is 7.31. The van der Waals surface area contributed by atoms with Gasteiger partial charge in [-0.25, -0.2) is 0 Å². The number of nitrogens with zero attached hydrogens (tertiary/aromatic N) is 1. The third kappa shape index (κ3) is 3.30. The molecule has 1 aliphatic rings. The number of anilines is 1. The zero-order valence-corrected chi connectivity index (χ0v) is 14.8. The quantitative estimate of drug-likeness (QED) is 0.629. The summed E-state index contributed by atoms with van der Waals surface area (Å²) in [5.74, 6) is 0.623. The molecule has 4 rings (SSSR count). The molecule has 0 radical (unpaired) electrons. The second-order valence-electron chi connectivity index (χ2n) is 6.06. The van der Waals surface area contributed by atoms with Gasteiger partial charge in [0.25, 0.3) is 0 Å². The lowest BCUT2D eigenvalue weighted by atomic mass is 10.1. The minimum absolute atomic E-state index is 0.0330. The van der Waals surface area contributed by atoms with Gasteiger partial charge in [-0.2, -0.15) is 0 Å². The highest BCUT2D eigenvalue weighted by Crippen LogP contribution is 2.45. The van der Waals surface area contributed by atoms with E-state index >= 15 is 0 Å². The van der Waals surface area contributed by atoms with Gasteiger partial charge in [-0.1, -0.05) is 42.5 Å². The molecule has 0 N–H and O–H groups in total. The molecule has 5 heteroatoms. The molecule has 0 saturated heterocycles. The van der Waals surface area contributed by atoms with Crippen LogP contribution in [0.25, 0.3) is 0 Å². The van der Waals surface area contributed by atoms with Crippen LogP contribution in [0.5, 0.6) is 0 Å². The Kier molecular flexibility index (Phi) is 4.63. The fourth-order valence-electron chi connectivity index (χ4n) is 3.04. The van der Waals surface area contributed by atoms with Crippen LogP contribution in [0.15, 0.2) is 82.3 Å². The fraction of sp³-hybridized carbons (Fsp3) is 0.143. The van der Waals surface area contributed by atoms with E-state index in [1.807, 2.05) is 54.6 Å². The largest absolute Gasteiger partial charge is 0.468 e. The molecule has 0 spiro atoms. The normalized spacial score (nSPS) is 16.8. The van der Waals surface area contributed by atoms with E-state index in [4.69, 9.17) is 4.42 Å². The van der Waals surface area contributed by atoms with Gasteiger partial charge in [0, 0.05) is 16.9 Å². The van der Waals surface area contributed by atoms with Crippen LogP contribution in [-0.4, -0.2) is 18.2 Å². The highest BCUT2D eigenvalue weighted by atomic mass is 32.2. The summed E-state index contributed by atoms with van der Waals surface area (Å²) in [4.78, 5) is 28.2. The molecular weight excluding hydrogens is 346 g/mol. The zero-order chi connectivity index (χ0) is 17.9. The van der Waals surface area contributed by atoms with E-state index in [-0.39, 0.29) is 29.9 Å². The van der Waals surface area contributed by atoms with E-state index in [1.54, 1.807) is 35.1 Å². The van der Waals surface area contributed by atoms with Crippen LogP contribution in [0.4, 0.5) is 5.69 Å². The highest BCUT2D eigenvalue weighted by molar-refractivity contribution is 7.99. The molecular formula is C21H17NO3S. The maximum absolute atomic E-state index is 13.0. The molecule has 1 amide bonds. The molecule has 130 valence electrons. The third-order valence-corrected chi connectivity index (χ3v) is 5.63. The van der Waals surface area contributed by atoms with Gasteiger partial charge in [-0.15, -0.1) is 11.8 Å². The fourth-order valence-corrected chi connectivity index (χ4v) is 4.28. The highest BCUT2D eigenvalue weighted by Gasteiger charge is 2.31. The molecule has 2 aromatic carbocycles. The van der Waals surface area contributed by atoms with Crippen LogP contribution in [0, 0.1) is 0 Å². The monoisotopic (exact) mass is 363 g/mol. The molecule has 26 heavy (non-hydrogen) atoms. The van der Waals surface area contributed by atoms with E-state index in [1.165, 1.54) is 0 Å². The molecule has 1 unspecified atom stereocenters. The van der Waals surface area contributed by atoms with Crippen molar-refractivity contribution >= 4 is 29.1 Å². The minimum atomic E-state index is -0.101. The number of para-hydroxylation sites is 1. The SMILES string of the molecule is O=C(CN1C(=O)CC(c2ccco2)Sc2ccccc21)c1ccccc1. The van der Waals surface area contributed by atoms with Gasteiger partial charge < -0.3 is 9.32 Å². The minimum Gasteiger partial charge on any atom is -0.468 e. The Morgan fingerprint density at radius 3 is 2.58 bits per heavy atom. The van der Waals surface area contributed by atoms with Crippen molar-refractivity contribution in [2.45, 2.75) is 16.6 Å². The summed E-state index contributed by atoms with van der Waals surface area (Å²) in [6, 6.07) is 20.5. The van der Waals surface area contributed by atoms with E-state index in [9.17, 15) is 9.59 Å². The van der Waals surface area contributed by atoms with Crippen molar-refractivity contribution in [1.29, 1.82) is 0 Å². The number of Topliss-reactive ketones (excluding diaryl/α,β-unsaturated/α-hetero) is 1. The van der Waals surface area contributed by atoms with Gasteiger partial charge in [-0.05, 0) is 24.3 Å². The van der Waals surface area contributed by atoms with Crippen LogP contribution >= 0.6 is 11.8 Å². The number of rotatable bonds is 4. The summed E-state index contributed by atoms with van der Waals surface area (Å²) in [6.45, 7) is 0.0330. The molecule has 0 saturated carbocycles. The molecule has 4 nitrogen and oxygen atoms in total. The molecule has 1 aliphatic heterocycles. The van der Waals surface area contributed by atoms with Gasteiger partial charge in [0.05, 0.1) is 23.7 Å². The lowest BCUT2D eigenvalue weighted by Crippen LogP contribution is -2.35. The molecule has 0 bridgehead atoms. The number of carbonyl (C=O) groups excluding carboxylic acids is 2. The van der Waals surface area contributed by atoms with E-state index in [0.717, 1.165) is 16.3 Å². The standard InChI is InChI=1S/C21H17NO3S/c23-17(15-7-2-1-3-8-15)14-22-16-9-4-5-11-19(16)26-20(13-21(22)24)18-10-6-12-25-18/h1-12,20H,13-14H2. The summed E-state index contributed by atoms with van der Waals surface area (Å²) >= 11 is 1.60. The Bertz CT molecular complexity index is 921. The van der Waals surface area contributed by atoms with E-state index < -0.39 is 0 Å². The topological polar surface area (TPSA) is 50.5 Å². The first-order valence-corrected chi connectivity index (χ1v) is 9.28. The molecule has 0 aliphatic carbocycles. The van der Waals surface area contributed by atoms with Gasteiger partial charge in [-0.3, -0.25) is 9.59 Å². The number of carbonyl (C=O) groups is 2. The van der Waals surface area contributed by atoms with Gasteiger partial charge >= 0.3 is 0 Å².